The topological polar surface area (TPSA) is 72.2 Å². The molecular formula is C15H19BrN2O3. The Hall–Kier alpha value is -1.43. The third-order valence-corrected chi connectivity index (χ3v) is 5.05. The number of nitrogens with one attached hydrogen (secondary N) is 1. The summed E-state index contributed by atoms with van der Waals surface area (Å²) in [5.74, 6) is -0.233. The van der Waals surface area contributed by atoms with Crippen molar-refractivity contribution in [1.82, 2.24) is 5.32 Å². The Bertz CT molecular complexity index is 554. The van der Waals surface area contributed by atoms with Gasteiger partial charge in [0.15, 0.2) is 0 Å². The fourth-order valence-corrected chi connectivity index (χ4v) is 3.53. The number of halogens is 1. The average molecular weight is 355 g/mol. The van der Waals surface area contributed by atoms with Crippen LogP contribution in [0.1, 0.15) is 48.0 Å². The predicted octanol–water partition coefficient (Wildman–Crippen LogP) is 3.73. The van der Waals surface area contributed by atoms with Crippen LogP contribution in [0, 0.1) is 17.0 Å². The molecular weight excluding hydrogens is 336 g/mol. The molecule has 0 radical (unpaired) electrons. The van der Waals surface area contributed by atoms with Crippen LogP contribution in [0.2, 0.25) is 0 Å². The summed E-state index contributed by atoms with van der Waals surface area (Å²) in [6.07, 6.45) is 5.27. The number of aryl methyl sites for hydroxylation is 1. The number of carbonyl (C=O) groups is 1. The smallest absolute Gasteiger partial charge is 0.270 e. The molecule has 0 unspecified atom stereocenters. The van der Waals surface area contributed by atoms with E-state index in [-0.39, 0.29) is 17.1 Å². The maximum atomic E-state index is 12.4. The van der Waals surface area contributed by atoms with Gasteiger partial charge in [-0.1, -0.05) is 35.2 Å². The third kappa shape index (κ3) is 3.81. The molecule has 114 valence electrons. The predicted molar refractivity (Wildman–Crippen MR) is 84.9 cm³/mol. The minimum atomic E-state index is -0.468. The van der Waals surface area contributed by atoms with Gasteiger partial charge in [-0.3, -0.25) is 14.9 Å². The van der Waals surface area contributed by atoms with Gasteiger partial charge < -0.3 is 5.32 Å². The first-order valence-corrected chi connectivity index (χ1v) is 8.22. The van der Waals surface area contributed by atoms with Crippen LogP contribution in [0.4, 0.5) is 5.69 Å². The molecule has 6 heteroatoms. The van der Waals surface area contributed by atoms with Crippen LogP contribution in [0.3, 0.4) is 0 Å². The molecule has 1 aliphatic carbocycles. The van der Waals surface area contributed by atoms with Crippen LogP contribution in [0.25, 0.3) is 0 Å². The van der Waals surface area contributed by atoms with Gasteiger partial charge in [-0.25, -0.2) is 0 Å². The number of hydrogen-bond donors (Lipinski definition) is 1. The SMILES string of the molecule is Cc1cc(C(=O)NC2(CBr)CCCCC2)cc([N+](=O)[O-])c1. The standard InChI is InChI=1S/C15H19BrN2O3/c1-11-7-12(9-13(8-11)18(20)21)14(19)17-15(10-16)5-3-2-4-6-15/h7-9H,2-6,10H2,1H3,(H,17,19). The van der Waals surface area contributed by atoms with Gasteiger partial charge in [0.05, 0.1) is 10.5 Å². The Morgan fingerprint density at radius 1 is 1.33 bits per heavy atom. The summed E-state index contributed by atoms with van der Waals surface area (Å²) < 4.78 is 0. The van der Waals surface area contributed by atoms with E-state index in [0.717, 1.165) is 25.7 Å². The Morgan fingerprint density at radius 3 is 2.57 bits per heavy atom. The molecule has 0 aromatic heterocycles. The molecule has 1 fully saturated rings. The summed E-state index contributed by atoms with van der Waals surface area (Å²) in [7, 11) is 0. The quantitative estimate of drug-likeness (QED) is 0.508. The van der Waals surface area contributed by atoms with Crippen molar-refractivity contribution in [3.8, 4) is 0 Å². The lowest BCUT2D eigenvalue weighted by Gasteiger charge is -2.36. The maximum absolute atomic E-state index is 12.4. The van der Waals surface area contributed by atoms with Crippen LogP contribution in [-0.4, -0.2) is 21.7 Å². The van der Waals surface area contributed by atoms with Crippen molar-refractivity contribution in [1.29, 1.82) is 0 Å². The van der Waals surface area contributed by atoms with E-state index < -0.39 is 4.92 Å². The first kappa shape index (κ1) is 15.9. The Balaban J connectivity index is 2.21. The van der Waals surface area contributed by atoms with Crippen LogP contribution >= 0.6 is 15.9 Å². The molecule has 0 spiro atoms. The molecule has 0 heterocycles. The number of nitro benzene ring substituents is 1. The van der Waals surface area contributed by atoms with Crippen molar-refractivity contribution in [3.63, 3.8) is 0 Å². The van der Waals surface area contributed by atoms with Gasteiger partial charge in [-0.2, -0.15) is 0 Å². The van der Waals surface area contributed by atoms with Gasteiger partial charge in [0.25, 0.3) is 11.6 Å². The maximum Gasteiger partial charge on any atom is 0.270 e. The minimum Gasteiger partial charge on any atom is -0.346 e. The first-order chi connectivity index (χ1) is 9.96. The van der Waals surface area contributed by atoms with E-state index in [2.05, 4.69) is 21.2 Å². The molecule has 1 saturated carbocycles. The number of amides is 1. The number of benzene rings is 1. The largest absolute Gasteiger partial charge is 0.346 e. The van der Waals surface area contributed by atoms with Crippen LogP contribution in [0.5, 0.6) is 0 Å². The summed E-state index contributed by atoms with van der Waals surface area (Å²) in [6, 6.07) is 4.50. The van der Waals surface area contributed by atoms with Gasteiger partial charge in [-0.05, 0) is 31.4 Å². The number of rotatable bonds is 4. The lowest BCUT2D eigenvalue weighted by atomic mass is 9.83. The zero-order valence-corrected chi connectivity index (χ0v) is 13.6. The van der Waals surface area contributed by atoms with Crippen LogP contribution in [0.15, 0.2) is 18.2 Å². The van der Waals surface area contributed by atoms with Crippen LogP contribution < -0.4 is 5.32 Å². The molecule has 0 aliphatic heterocycles. The van der Waals surface area contributed by atoms with E-state index in [0.29, 0.717) is 16.5 Å². The zero-order valence-electron chi connectivity index (χ0n) is 12.0. The minimum absolute atomic E-state index is 0.0447. The Morgan fingerprint density at radius 2 is 2.00 bits per heavy atom. The summed E-state index contributed by atoms with van der Waals surface area (Å²) in [4.78, 5) is 22.9. The molecule has 0 bridgehead atoms. The molecule has 21 heavy (non-hydrogen) atoms. The highest BCUT2D eigenvalue weighted by Gasteiger charge is 2.33. The number of non-ortho nitro benzene ring substituents is 1. The van der Waals surface area contributed by atoms with Crippen molar-refractivity contribution >= 4 is 27.5 Å². The van der Waals surface area contributed by atoms with E-state index >= 15 is 0 Å². The van der Waals surface area contributed by atoms with Gasteiger partial charge >= 0.3 is 0 Å². The van der Waals surface area contributed by atoms with Crippen molar-refractivity contribution < 1.29 is 9.72 Å². The fraction of sp³-hybridized carbons (Fsp3) is 0.533. The number of nitro groups is 1. The lowest BCUT2D eigenvalue weighted by molar-refractivity contribution is -0.384. The molecule has 1 aliphatic rings. The molecule has 0 atom stereocenters. The zero-order chi connectivity index (χ0) is 15.5. The summed E-state index contributed by atoms with van der Waals surface area (Å²) in [6.45, 7) is 1.75. The Kier molecular flexibility index (Phi) is 4.98. The molecule has 1 N–H and O–H groups in total. The number of hydrogen-bond acceptors (Lipinski definition) is 3. The van der Waals surface area contributed by atoms with Gasteiger partial charge in [0, 0.05) is 23.0 Å². The molecule has 5 nitrogen and oxygen atoms in total. The molecule has 1 aromatic rings. The van der Waals surface area contributed by atoms with E-state index in [9.17, 15) is 14.9 Å². The Labute approximate surface area is 132 Å². The highest BCUT2D eigenvalue weighted by molar-refractivity contribution is 9.09. The van der Waals surface area contributed by atoms with E-state index in [1.165, 1.54) is 18.6 Å². The summed E-state index contributed by atoms with van der Waals surface area (Å²) in [5, 5.41) is 14.7. The van der Waals surface area contributed by atoms with Gasteiger partial charge in [0.1, 0.15) is 0 Å². The second-order valence-electron chi connectivity index (χ2n) is 5.74. The normalized spacial score (nSPS) is 17.2. The van der Waals surface area contributed by atoms with Crippen molar-refractivity contribution in [3.05, 3.63) is 39.4 Å². The fourth-order valence-electron chi connectivity index (χ4n) is 2.83. The lowest BCUT2D eigenvalue weighted by Crippen LogP contribution is -2.51. The molecule has 0 saturated heterocycles. The second kappa shape index (κ2) is 6.56. The number of nitrogens with zero attached hydrogens (tertiary/aromatic N) is 1. The molecule has 1 amide bonds. The highest BCUT2D eigenvalue weighted by Crippen LogP contribution is 2.30. The highest BCUT2D eigenvalue weighted by atomic mass is 79.9. The van der Waals surface area contributed by atoms with Crippen LogP contribution in [-0.2, 0) is 0 Å². The molecule has 2 rings (SSSR count). The van der Waals surface area contributed by atoms with Gasteiger partial charge in [-0.15, -0.1) is 0 Å². The summed E-state index contributed by atoms with van der Waals surface area (Å²) >= 11 is 3.50. The third-order valence-electron chi connectivity index (χ3n) is 3.98. The first-order valence-electron chi connectivity index (χ1n) is 7.10. The van der Waals surface area contributed by atoms with E-state index in [1.54, 1.807) is 13.0 Å². The van der Waals surface area contributed by atoms with Crippen molar-refractivity contribution in [2.45, 2.75) is 44.6 Å². The monoisotopic (exact) mass is 354 g/mol. The number of carbonyl (C=O) groups excluding carboxylic acids is 1. The van der Waals surface area contributed by atoms with Crippen molar-refractivity contribution in [2.24, 2.45) is 0 Å². The summed E-state index contributed by atoms with van der Waals surface area (Å²) in [5.41, 5.74) is 0.795. The van der Waals surface area contributed by atoms with E-state index in [1.807, 2.05) is 0 Å². The molecule has 1 aromatic carbocycles. The second-order valence-corrected chi connectivity index (χ2v) is 6.30. The van der Waals surface area contributed by atoms with Gasteiger partial charge in [0.2, 0.25) is 0 Å². The average Bonchev–Trinajstić information content (AvgIpc) is 2.47. The number of alkyl halides is 1. The van der Waals surface area contributed by atoms with E-state index in [4.69, 9.17) is 0 Å². The van der Waals surface area contributed by atoms with Crippen molar-refractivity contribution in [2.75, 3.05) is 5.33 Å².